The van der Waals surface area contributed by atoms with Gasteiger partial charge in [0.1, 0.15) is 28.7 Å². The van der Waals surface area contributed by atoms with Crippen molar-refractivity contribution in [2.24, 2.45) is 0 Å². The smallest absolute Gasteiger partial charge is 0.348 e. The average molecular weight is 292 g/mol. The van der Waals surface area contributed by atoms with Crippen LogP contribution in [0.15, 0.2) is 25.8 Å². The summed E-state index contributed by atoms with van der Waals surface area (Å²) in [7, 11) is 0. The maximum absolute atomic E-state index is 12.3. The highest BCUT2D eigenvalue weighted by molar-refractivity contribution is 6.06. The summed E-state index contributed by atoms with van der Waals surface area (Å²) in [5.74, 6) is -0.00353. The van der Waals surface area contributed by atoms with E-state index in [4.69, 9.17) is 14.1 Å². The van der Waals surface area contributed by atoms with Crippen molar-refractivity contribution in [1.82, 2.24) is 0 Å². The van der Waals surface area contributed by atoms with E-state index in [1.807, 2.05) is 45.0 Å². The first-order chi connectivity index (χ1) is 10.5. The van der Waals surface area contributed by atoms with Crippen molar-refractivity contribution in [1.29, 1.82) is 10.5 Å². The molecule has 0 saturated carbocycles. The molecule has 3 rings (SSSR count). The van der Waals surface area contributed by atoms with Crippen LogP contribution in [0.25, 0.3) is 21.9 Å². The summed E-state index contributed by atoms with van der Waals surface area (Å²) < 4.78 is 11.0. The number of aryl methyl sites for hydroxylation is 1. The molecule has 0 bridgehead atoms. The van der Waals surface area contributed by atoms with Crippen LogP contribution in [-0.4, -0.2) is 0 Å². The highest BCUT2D eigenvalue weighted by atomic mass is 16.4. The van der Waals surface area contributed by atoms with Crippen LogP contribution in [0.4, 0.5) is 0 Å². The molecule has 108 valence electrons. The molecule has 0 saturated heterocycles. The van der Waals surface area contributed by atoms with Crippen LogP contribution in [0, 0.1) is 29.6 Å². The molecule has 0 N–H and O–H groups in total. The van der Waals surface area contributed by atoms with Crippen molar-refractivity contribution in [3.05, 3.63) is 45.0 Å². The van der Waals surface area contributed by atoms with E-state index in [2.05, 4.69) is 0 Å². The molecule has 5 heteroatoms. The van der Waals surface area contributed by atoms with E-state index in [1.54, 1.807) is 0 Å². The Kier molecular flexibility index (Phi) is 3.00. The molecular weight excluding hydrogens is 280 g/mol. The van der Waals surface area contributed by atoms with Crippen LogP contribution in [0.2, 0.25) is 0 Å². The topological polar surface area (TPSA) is 90.9 Å². The van der Waals surface area contributed by atoms with Gasteiger partial charge in [-0.3, -0.25) is 0 Å². The molecule has 3 aromatic rings. The lowest BCUT2D eigenvalue weighted by atomic mass is 9.97. The SMILES string of the molecule is Cc1ccc(C(C)C)c2oc(=O)c3c(C#N)c(C#N)oc3c12. The Bertz CT molecular complexity index is 1060. The molecule has 0 aliphatic heterocycles. The molecule has 0 atom stereocenters. The van der Waals surface area contributed by atoms with E-state index in [0.717, 1.165) is 11.1 Å². The molecule has 0 radical (unpaired) electrons. The Morgan fingerprint density at radius 1 is 1.05 bits per heavy atom. The van der Waals surface area contributed by atoms with E-state index in [0.29, 0.717) is 11.0 Å². The summed E-state index contributed by atoms with van der Waals surface area (Å²) in [5.41, 5.74) is 1.72. The van der Waals surface area contributed by atoms with Crippen molar-refractivity contribution in [3.63, 3.8) is 0 Å². The molecule has 5 nitrogen and oxygen atoms in total. The number of nitrogens with zero attached hydrogens (tertiary/aromatic N) is 2. The second-order valence-corrected chi connectivity index (χ2v) is 5.45. The molecule has 2 aromatic heterocycles. The number of hydrogen-bond donors (Lipinski definition) is 0. The Balaban J connectivity index is 2.67. The van der Waals surface area contributed by atoms with Gasteiger partial charge in [0.25, 0.3) is 0 Å². The quantitative estimate of drug-likeness (QED) is 0.637. The van der Waals surface area contributed by atoms with E-state index in [9.17, 15) is 10.1 Å². The number of nitriles is 2. The minimum absolute atomic E-state index is 0.0376. The predicted octanol–water partition coefficient (Wildman–Crippen LogP) is 3.71. The third kappa shape index (κ3) is 1.73. The van der Waals surface area contributed by atoms with Gasteiger partial charge in [0.05, 0.1) is 5.39 Å². The average Bonchev–Trinajstić information content (AvgIpc) is 2.86. The van der Waals surface area contributed by atoms with Gasteiger partial charge < -0.3 is 8.83 Å². The largest absolute Gasteiger partial charge is 0.443 e. The fraction of sp³-hybridized carbons (Fsp3) is 0.235. The van der Waals surface area contributed by atoms with Gasteiger partial charge >= 0.3 is 5.63 Å². The summed E-state index contributed by atoms with van der Waals surface area (Å²) in [4.78, 5) is 12.3. The van der Waals surface area contributed by atoms with Crippen LogP contribution >= 0.6 is 0 Å². The van der Waals surface area contributed by atoms with E-state index in [-0.39, 0.29) is 28.2 Å². The number of fused-ring (bicyclic) bond motifs is 3. The summed E-state index contributed by atoms with van der Waals surface area (Å²) in [6, 6.07) is 7.50. The van der Waals surface area contributed by atoms with E-state index >= 15 is 0 Å². The molecule has 0 aliphatic carbocycles. The minimum atomic E-state index is -0.656. The van der Waals surface area contributed by atoms with Crippen LogP contribution in [0.1, 0.15) is 42.2 Å². The van der Waals surface area contributed by atoms with Crippen LogP contribution in [0.3, 0.4) is 0 Å². The normalized spacial score (nSPS) is 11.0. The summed E-state index contributed by atoms with van der Waals surface area (Å²) in [6.07, 6.45) is 0. The fourth-order valence-electron chi connectivity index (χ4n) is 2.68. The summed E-state index contributed by atoms with van der Waals surface area (Å²) in [6.45, 7) is 5.86. The van der Waals surface area contributed by atoms with E-state index in [1.165, 1.54) is 0 Å². The molecule has 0 spiro atoms. The Hall–Kier alpha value is -3.05. The first kappa shape index (κ1) is 13.9. The third-order valence-electron chi connectivity index (χ3n) is 3.77. The fourth-order valence-corrected chi connectivity index (χ4v) is 2.68. The second-order valence-electron chi connectivity index (χ2n) is 5.45. The van der Waals surface area contributed by atoms with Gasteiger partial charge in [0, 0.05) is 0 Å². The first-order valence-electron chi connectivity index (χ1n) is 6.82. The van der Waals surface area contributed by atoms with Crippen molar-refractivity contribution in [2.45, 2.75) is 26.7 Å². The van der Waals surface area contributed by atoms with Crippen LogP contribution in [-0.2, 0) is 0 Å². The lowest BCUT2D eigenvalue weighted by Gasteiger charge is -2.10. The molecule has 0 fully saturated rings. The standard InChI is InChI=1S/C17H12N2O3/c1-8(2)10-5-4-9(3)13-15(10)22-17(20)14-11(6-18)12(7-19)21-16(13)14/h4-5,8H,1-3H3. The maximum Gasteiger partial charge on any atom is 0.348 e. The zero-order chi connectivity index (χ0) is 16.0. The maximum atomic E-state index is 12.3. The van der Waals surface area contributed by atoms with Crippen molar-refractivity contribution in [2.75, 3.05) is 0 Å². The van der Waals surface area contributed by atoms with Crippen molar-refractivity contribution in [3.8, 4) is 12.1 Å². The lowest BCUT2D eigenvalue weighted by Crippen LogP contribution is -2.03. The zero-order valence-corrected chi connectivity index (χ0v) is 12.4. The molecule has 0 unspecified atom stereocenters. The Morgan fingerprint density at radius 2 is 1.77 bits per heavy atom. The predicted molar refractivity (Wildman–Crippen MR) is 80.5 cm³/mol. The van der Waals surface area contributed by atoms with E-state index < -0.39 is 5.63 Å². The highest BCUT2D eigenvalue weighted by Gasteiger charge is 2.23. The second kappa shape index (κ2) is 4.75. The monoisotopic (exact) mass is 292 g/mol. The van der Waals surface area contributed by atoms with Gasteiger partial charge in [-0.1, -0.05) is 26.0 Å². The van der Waals surface area contributed by atoms with Crippen LogP contribution in [0.5, 0.6) is 0 Å². The third-order valence-corrected chi connectivity index (χ3v) is 3.77. The van der Waals surface area contributed by atoms with Gasteiger partial charge in [-0.05, 0) is 24.0 Å². The molecule has 0 aliphatic rings. The Morgan fingerprint density at radius 3 is 2.36 bits per heavy atom. The Labute approximate surface area is 126 Å². The van der Waals surface area contributed by atoms with Gasteiger partial charge in [-0.2, -0.15) is 10.5 Å². The molecular formula is C17H12N2O3. The number of benzene rings is 1. The van der Waals surface area contributed by atoms with Gasteiger partial charge in [-0.25, -0.2) is 4.79 Å². The van der Waals surface area contributed by atoms with Gasteiger partial charge in [-0.15, -0.1) is 0 Å². The van der Waals surface area contributed by atoms with Crippen molar-refractivity contribution >= 4 is 21.9 Å². The lowest BCUT2D eigenvalue weighted by molar-refractivity contribution is 0.557. The first-order valence-corrected chi connectivity index (χ1v) is 6.82. The zero-order valence-electron chi connectivity index (χ0n) is 12.4. The number of rotatable bonds is 1. The van der Waals surface area contributed by atoms with Crippen molar-refractivity contribution < 1.29 is 8.83 Å². The molecule has 0 amide bonds. The highest BCUT2D eigenvalue weighted by Crippen LogP contribution is 2.34. The molecule has 2 heterocycles. The molecule has 22 heavy (non-hydrogen) atoms. The minimum Gasteiger partial charge on any atom is -0.443 e. The van der Waals surface area contributed by atoms with Crippen LogP contribution < -0.4 is 5.63 Å². The number of hydrogen-bond acceptors (Lipinski definition) is 5. The molecule has 1 aromatic carbocycles. The van der Waals surface area contributed by atoms with Gasteiger partial charge in [0.15, 0.2) is 5.58 Å². The summed E-state index contributed by atoms with van der Waals surface area (Å²) >= 11 is 0. The number of furan rings is 1. The van der Waals surface area contributed by atoms with Gasteiger partial charge in [0.2, 0.25) is 5.76 Å². The summed E-state index contributed by atoms with van der Waals surface area (Å²) in [5, 5.41) is 19.0.